The van der Waals surface area contributed by atoms with E-state index < -0.39 is 23.5 Å². The van der Waals surface area contributed by atoms with Crippen LogP contribution in [0.1, 0.15) is 54.1 Å². The van der Waals surface area contributed by atoms with E-state index in [1.807, 2.05) is 49.4 Å². The first-order chi connectivity index (χ1) is 16.1. The number of H-pyrrole nitrogens is 1. The number of carbonyl (C=O) groups is 2. The number of aliphatic hydroxyl groups is 1. The van der Waals surface area contributed by atoms with Gasteiger partial charge < -0.3 is 14.5 Å². The molecule has 3 heterocycles. The molecule has 4 aromatic rings. The molecule has 2 aromatic carbocycles. The van der Waals surface area contributed by atoms with Crippen molar-refractivity contribution in [3.63, 3.8) is 0 Å². The largest absolute Gasteiger partial charge is 0.503 e. The van der Waals surface area contributed by atoms with Gasteiger partial charge in [0.25, 0.3) is 5.91 Å². The van der Waals surface area contributed by atoms with E-state index in [1.165, 1.54) is 17.2 Å². The molecule has 1 atom stereocenters. The number of hydrogen-bond donors (Lipinski definition) is 2. The average Bonchev–Trinajstić information content (AvgIpc) is 3.52. The van der Waals surface area contributed by atoms with Crippen LogP contribution in [0.2, 0.25) is 0 Å². The Balaban J connectivity index is 1.67. The second kappa shape index (κ2) is 7.73. The lowest BCUT2D eigenvalue weighted by Gasteiger charge is -2.25. The summed E-state index contributed by atoms with van der Waals surface area (Å²) in [7, 11) is 0. The average molecular weight is 456 g/mol. The number of aryl methyl sites for hydroxylation is 1. The van der Waals surface area contributed by atoms with Crippen LogP contribution >= 0.6 is 0 Å². The van der Waals surface area contributed by atoms with E-state index >= 15 is 0 Å². The van der Waals surface area contributed by atoms with Crippen molar-refractivity contribution in [1.82, 2.24) is 9.97 Å². The van der Waals surface area contributed by atoms with E-state index in [0.717, 1.165) is 16.6 Å². The predicted molar refractivity (Wildman–Crippen MR) is 129 cm³/mol. The normalized spacial score (nSPS) is 16.6. The molecule has 172 valence electrons. The molecule has 0 fully saturated rings. The van der Waals surface area contributed by atoms with Crippen LogP contribution in [0, 0.1) is 6.92 Å². The van der Waals surface area contributed by atoms with Gasteiger partial charge in [0.1, 0.15) is 0 Å². The summed E-state index contributed by atoms with van der Waals surface area (Å²) in [6.45, 7) is 8.30. The van der Waals surface area contributed by atoms with Crippen molar-refractivity contribution in [1.29, 1.82) is 0 Å². The van der Waals surface area contributed by atoms with Gasteiger partial charge in [-0.2, -0.15) is 0 Å². The maximum absolute atomic E-state index is 13.3. The number of aliphatic hydroxyl groups excluding tert-OH is 1. The van der Waals surface area contributed by atoms with Gasteiger partial charge in [0.05, 0.1) is 28.9 Å². The zero-order valence-corrected chi connectivity index (χ0v) is 19.4. The van der Waals surface area contributed by atoms with Crippen LogP contribution in [0.3, 0.4) is 0 Å². The number of nitrogens with one attached hydrogen (secondary N) is 1. The SMILES string of the molecule is Cc1ccc2nc(N3C(=O)C(O)=C(C(=O)c4ccco4)C3c3ccc(C(C)(C)C)cc3)[nH]c2c1. The lowest BCUT2D eigenvalue weighted by atomic mass is 9.85. The molecule has 1 aliphatic heterocycles. The molecule has 2 aromatic heterocycles. The van der Waals surface area contributed by atoms with Crippen molar-refractivity contribution in [2.45, 2.75) is 39.2 Å². The first-order valence-electron chi connectivity index (χ1n) is 11.1. The number of nitrogens with zero attached hydrogens (tertiary/aromatic N) is 2. The topological polar surface area (TPSA) is 99.4 Å². The number of Topliss-reactive ketones (excluding diaryl/α,β-unsaturated/α-hetero) is 1. The van der Waals surface area contributed by atoms with Crippen molar-refractivity contribution in [3.05, 3.63) is 94.6 Å². The van der Waals surface area contributed by atoms with Crippen LogP contribution < -0.4 is 4.90 Å². The highest BCUT2D eigenvalue weighted by molar-refractivity contribution is 6.20. The first kappa shape index (κ1) is 21.7. The van der Waals surface area contributed by atoms with Crippen molar-refractivity contribution in [2.75, 3.05) is 4.90 Å². The van der Waals surface area contributed by atoms with Crippen molar-refractivity contribution < 1.29 is 19.1 Å². The molecule has 2 N–H and O–H groups in total. The van der Waals surface area contributed by atoms with Gasteiger partial charge in [0, 0.05) is 0 Å². The third-order valence-electron chi connectivity index (χ3n) is 6.14. The minimum atomic E-state index is -0.874. The highest BCUT2D eigenvalue weighted by atomic mass is 16.3. The standard InChI is InChI=1S/C27H25N3O4/c1-15-7-12-18-19(14-15)29-26(28-18)30-22(16-8-10-17(11-9-16)27(2,3)4)21(24(32)25(30)33)23(31)20-6-5-13-34-20/h5-14,22,32H,1-4H3,(H,28,29). The number of aromatic nitrogens is 2. The molecule has 0 spiro atoms. The second-order valence-corrected chi connectivity index (χ2v) is 9.60. The Labute approximate surface area is 196 Å². The van der Waals surface area contributed by atoms with Crippen LogP contribution in [0.4, 0.5) is 5.95 Å². The number of furan rings is 1. The highest BCUT2D eigenvalue weighted by Gasteiger charge is 2.46. The Morgan fingerprint density at radius 2 is 1.85 bits per heavy atom. The maximum atomic E-state index is 13.3. The predicted octanol–water partition coefficient (Wildman–Crippen LogP) is 5.54. The zero-order valence-electron chi connectivity index (χ0n) is 19.4. The van der Waals surface area contributed by atoms with Crippen LogP contribution in [-0.2, 0) is 10.2 Å². The molecule has 0 aliphatic carbocycles. The fourth-order valence-electron chi connectivity index (χ4n) is 4.30. The number of amides is 1. The molecule has 0 saturated carbocycles. The number of ketones is 1. The number of benzene rings is 2. The molecule has 7 nitrogen and oxygen atoms in total. The van der Waals surface area contributed by atoms with Gasteiger partial charge in [-0.3, -0.25) is 14.5 Å². The van der Waals surface area contributed by atoms with Crippen LogP contribution in [0.15, 0.2) is 76.6 Å². The maximum Gasteiger partial charge on any atom is 0.296 e. The lowest BCUT2D eigenvalue weighted by Crippen LogP contribution is -2.32. The summed E-state index contributed by atoms with van der Waals surface area (Å²) in [5.74, 6) is -1.55. The third-order valence-corrected chi connectivity index (χ3v) is 6.14. The van der Waals surface area contributed by atoms with Gasteiger partial charge in [0.2, 0.25) is 11.7 Å². The Bertz CT molecular complexity index is 1440. The summed E-state index contributed by atoms with van der Waals surface area (Å²) < 4.78 is 5.29. The summed E-state index contributed by atoms with van der Waals surface area (Å²) in [5.41, 5.74) is 4.16. The van der Waals surface area contributed by atoms with Gasteiger partial charge >= 0.3 is 0 Å². The Hall–Kier alpha value is -4.13. The van der Waals surface area contributed by atoms with Crippen LogP contribution in [-0.4, -0.2) is 26.8 Å². The number of fused-ring (bicyclic) bond motifs is 1. The molecule has 1 unspecified atom stereocenters. The molecular weight excluding hydrogens is 430 g/mol. The summed E-state index contributed by atoms with van der Waals surface area (Å²) in [4.78, 5) is 35.8. The second-order valence-electron chi connectivity index (χ2n) is 9.60. The molecule has 5 rings (SSSR count). The number of imidazole rings is 1. The Kier molecular flexibility index (Phi) is 4.93. The van der Waals surface area contributed by atoms with E-state index in [1.54, 1.807) is 6.07 Å². The van der Waals surface area contributed by atoms with E-state index in [9.17, 15) is 14.7 Å². The molecular formula is C27H25N3O4. The molecule has 0 saturated heterocycles. The fourth-order valence-corrected chi connectivity index (χ4v) is 4.30. The Morgan fingerprint density at radius 1 is 1.12 bits per heavy atom. The van der Waals surface area contributed by atoms with Crippen molar-refractivity contribution in [2.24, 2.45) is 0 Å². The molecule has 34 heavy (non-hydrogen) atoms. The third kappa shape index (κ3) is 3.50. The minimum absolute atomic E-state index is 0.0416. The van der Waals surface area contributed by atoms with Crippen molar-refractivity contribution >= 4 is 28.7 Å². The molecule has 0 bridgehead atoms. The summed E-state index contributed by atoms with van der Waals surface area (Å²) in [6.07, 6.45) is 1.38. The van der Waals surface area contributed by atoms with Gasteiger partial charge in [-0.25, -0.2) is 4.98 Å². The number of aromatic amines is 1. The van der Waals surface area contributed by atoms with Gasteiger partial charge in [-0.1, -0.05) is 51.1 Å². The number of hydrogen-bond acceptors (Lipinski definition) is 5. The number of carbonyl (C=O) groups excluding carboxylic acids is 2. The van der Waals surface area contributed by atoms with Crippen LogP contribution in [0.25, 0.3) is 11.0 Å². The van der Waals surface area contributed by atoms with E-state index in [2.05, 4.69) is 30.7 Å². The fraction of sp³-hybridized carbons (Fsp3) is 0.222. The first-order valence-corrected chi connectivity index (χ1v) is 11.1. The van der Waals surface area contributed by atoms with Gasteiger partial charge in [-0.05, 0) is 53.3 Å². The zero-order chi connectivity index (χ0) is 24.2. The molecule has 1 aliphatic rings. The van der Waals surface area contributed by atoms with Crippen LogP contribution in [0.5, 0.6) is 0 Å². The molecule has 1 amide bonds. The Morgan fingerprint density at radius 3 is 2.50 bits per heavy atom. The van der Waals surface area contributed by atoms with Crippen molar-refractivity contribution in [3.8, 4) is 0 Å². The van der Waals surface area contributed by atoms with E-state index in [0.29, 0.717) is 11.1 Å². The quantitative estimate of drug-likeness (QED) is 0.393. The summed E-state index contributed by atoms with van der Waals surface area (Å²) in [5, 5.41) is 10.9. The smallest absolute Gasteiger partial charge is 0.296 e. The lowest BCUT2D eigenvalue weighted by molar-refractivity contribution is -0.117. The molecule has 7 heteroatoms. The number of anilines is 1. The monoisotopic (exact) mass is 455 g/mol. The summed E-state index contributed by atoms with van der Waals surface area (Å²) >= 11 is 0. The molecule has 0 radical (unpaired) electrons. The number of rotatable bonds is 4. The van der Waals surface area contributed by atoms with Gasteiger partial charge in [-0.15, -0.1) is 0 Å². The summed E-state index contributed by atoms with van der Waals surface area (Å²) in [6, 6.07) is 15.7. The minimum Gasteiger partial charge on any atom is -0.503 e. The van der Waals surface area contributed by atoms with Gasteiger partial charge in [0.15, 0.2) is 11.5 Å². The highest BCUT2D eigenvalue weighted by Crippen LogP contribution is 2.42. The van der Waals surface area contributed by atoms with E-state index in [4.69, 9.17) is 4.42 Å². The van der Waals surface area contributed by atoms with E-state index in [-0.39, 0.29) is 22.7 Å².